The largest absolute Gasteiger partial charge is 0.586 e. The summed E-state index contributed by atoms with van der Waals surface area (Å²) in [6.07, 6.45) is -1.83. The van der Waals surface area contributed by atoms with Gasteiger partial charge in [0.25, 0.3) is 0 Å². The van der Waals surface area contributed by atoms with Gasteiger partial charge < -0.3 is 14.4 Å². The van der Waals surface area contributed by atoms with E-state index < -0.39 is 6.29 Å². The van der Waals surface area contributed by atoms with E-state index in [4.69, 9.17) is 0 Å². The van der Waals surface area contributed by atoms with Crippen molar-refractivity contribution in [1.82, 2.24) is 14.8 Å². The number of para-hydroxylation sites is 1. The van der Waals surface area contributed by atoms with Gasteiger partial charge in [-0.05, 0) is 30.8 Å². The lowest BCUT2D eigenvalue weighted by Gasteiger charge is -2.32. The molecule has 0 saturated carbocycles. The van der Waals surface area contributed by atoms with Gasteiger partial charge in [-0.1, -0.05) is 12.1 Å². The molecule has 0 aliphatic carbocycles. The van der Waals surface area contributed by atoms with Crippen LogP contribution >= 0.6 is 0 Å². The number of halogens is 2. The highest BCUT2D eigenvalue weighted by molar-refractivity contribution is 5.71. The number of nitrogens with zero attached hydrogens (tertiary/aromatic N) is 3. The number of hydrogen-bond acceptors (Lipinski definition) is 5. The van der Waals surface area contributed by atoms with Gasteiger partial charge in [0.2, 0.25) is 0 Å². The molecule has 4 rings (SSSR count). The number of piperazine rings is 1. The van der Waals surface area contributed by atoms with Crippen molar-refractivity contribution in [2.75, 3.05) is 33.2 Å². The third-order valence-electron chi connectivity index (χ3n) is 4.53. The van der Waals surface area contributed by atoms with Gasteiger partial charge in [0.05, 0.1) is 5.69 Å². The van der Waals surface area contributed by atoms with E-state index in [1.807, 2.05) is 12.1 Å². The highest BCUT2D eigenvalue weighted by Crippen LogP contribution is 2.46. The summed E-state index contributed by atoms with van der Waals surface area (Å²) < 4.78 is 35.8. The van der Waals surface area contributed by atoms with Crippen molar-refractivity contribution in [3.63, 3.8) is 0 Å². The minimum atomic E-state index is -3.63. The molecule has 2 aliphatic heterocycles. The molecule has 132 valence electrons. The molecule has 0 unspecified atom stereocenters. The first kappa shape index (κ1) is 16.2. The van der Waals surface area contributed by atoms with E-state index in [1.165, 1.54) is 6.07 Å². The average Bonchev–Trinajstić information content (AvgIpc) is 2.91. The third kappa shape index (κ3) is 3.43. The van der Waals surface area contributed by atoms with Crippen LogP contribution in [0.3, 0.4) is 0 Å². The molecule has 0 bridgehead atoms. The second-order valence-electron chi connectivity index (χ2n) is 6.43. The Hall–Kier alpha value is -2.25. The molecular weight excluding hydrogens is 328 g/mol. The smallest absolute Gasteiger partial charge is 0.395 e. The Labute approximate surface area is 144 Å². The van der Waals surface area contributed by atoms with Crippen LogP contribution in [0.4, 0.5) is 8.78 Å². The summed E-state index contributed by atoms with van der Waals surface area (Å²) in [7, 11) is 2.13. The van der Waals surface area contributed by atoms with E-state index in [9.17, 15) is 8.78 Å². The first-order valence-corrected chi connectivity index (χ1v) is 8.25. The SMILES string of the molecule is CN1CCN(Cc2ccc(-c3cccc4c3OC(F)(F)O4)nc2)CC1. The van der Waals surface area contributed by atoms with Crippen LogP contribution < -0.4 is 9.47 Å². The van der Waals surface area contributed by atoms with Crippen molar-refractivity contribution in [2.24, 2.45) is 0 Å². The minimum Gasteiger partial charge on any atom is -0.395 e. The van der Waals surface area contributed by atoms with E-state index in [2.05, 4.69) is 31.3 Å². The predicted molar refractivity (Wildman–Crippen MR) is 88.7 cm³/mol. The summed E-state index contributed by atoms with van der Waals surface area (Å²) in [5.41, 5.74) is 2.18. The first-order valence-electron chi connectivity index (χ1n) is 8.25. The molecular formula is C18H19F2N3O2. The fourth-order valence-corrected chi connectivity index (χ4v) is 3.11. The molecule has 1 aromatic carbocycles. The Morgan fingerprint density at radius 3 is 2.60 bits per heavy atom. The lowest BCUT2D eigenvalue weighted by molar-refractivity contribution is -0.286. The van der Waals surface area contributed by atoms with Crippen LogP contribution in [0.15, 0.2) is 36.5 Å². The molecule has 0 atom stereocenters. The molecule has 3 heterocycles. The molecule has 5 nitrogen and oxygen atoms in total. The molecule has 25 heavy (non-hydrogen) atoms. The number of rotatable bonds is 3. The molecule has 1 saturated heterocycles. The highest BCUT2D eigenvalue weighted by atomic mass is 19.3. The molecule has 0 N–H and O–H groups in total. The Kier molecular flexibility index (Phi) is 4.05. The minimum absolute atomic E-state index is 0.0332. The topological polar surface area (TPSA) is 37.8 Å². The van der Waals surface area contributed by atoms with Gasteiger partial charge in [-0.3, -0.25) is 9.88 Å². The normalized spacial score (nSPS) is 20.0. The maximum Gasteiger partial charge on any atom is 0.586 e. The van der Waals surface area contributed by atoms with Gasteiger partial charge in [-0.15, -0.1) is 8.78 Å². The van der Waals surface area contributed by atoms with E-state index >= 15 is 0 Å². The maximum absolute atomic E-state index is 13.3. The number of fused-ring (bicyclic) bond motifs is 1. The second-order valence-corrected chi connectivity index (χ2v) is 6.43. The summed E-state index contributed by atoms with van der Waals surface area (Å²) >= 11 is 0. The number of alkyl halides is 2. The summed E-state index contributed by atoms with van der Waals surface area (Å²) in [5.74, 6) is 0.0673. The van der Waals surface area contributed by atoms with Gasteiger partial charge in [-0.2, -0.15) is 0 Å². The quantitative estimate of drug-likeness (QED) is 0.854. The fourth-order valence-electron chi connectivity index (χ4n) is 3.11. The standard InChI is InChI=1S/C18H19F2N3O2/c1-22-7-9-23(10-8-22)12-13-5-6-15(21-11-13)14-3-2-4-16-17(14)25-18(19,20)24-16/h2-6,11H,7-10,12H2,1H3. The zero-order valence-electron chi connectivity index (χ0n) is 13.9. The molecule has 1 aromatic heterocycles. The summed E-state index contributed by atoms with van der Waals surface area (Å²) in [5, 5.41) is 0. The van der Waals surface area contributed by atoms with Crippen molar-refractivity contribution in [3.05, 3.63) is 42.1 Å². The lowest BCUT2D eigenvalue weighted by Crippen LogP contribution is -2.43. The average molecular weight is 347 g/mol. The summed E-state index contributed by atoms with van der Waals surface area (Å²) in [6, 6.07) is 8.63. The van der Waals surface area contributed by atoms with Crippen LogP contribution in [0.5, 0.6) is 11.5 Å². The fraction of sp³-hybridized carbons (Fsp3) is 0.389. The van der Waals surface area contributed by atoms with Gasteiger partial charge in [-0.25, -0.2) is 0 Å². The van der Waals surface area contributed by atoms with Crippen LogP contribution in [0, 0.1) is 0 Å². The van der Waals surface area contributed by atoms with E-state index in [1.54, 1.807) is 18.3 Å². The number of likely N-dealkylation sites (N-methyl/N-ethyl adjacent to an activating group) is 1. The van der Waals surface area contributed by atoms with Crippen LogP contribution in [-0.2, 0) is 6.54 Å². The lowest BCUT2D eigenvalue weighted by atomic mass is 10.1. The number of aromatic nitrogens is 1. The van der Waals surface area contributed by atoms with Gasteiger partial charge in [0.1, 0.15) is 0 Å². The monoisotopic (exact) mass is 347 g/mol. The molecule has 1 fully saturated rings. The Bertz CT molecular complexity index is 759. The molecule has 0 amide bonds. The zero-order chi connectivity index (χ0) is 17.4. The summed E-state index contributed by atoms with van der Waals surface area (Å²) in [6.45, 7) is 5.03. The van der Waals surface area contributed by atoms with Crippen LogP contribution in [0.25, 0.3) is 11.3 Å². The van der Waals surface area contributed by atoms with E-state index in [0.29, 0.717) is 11.3 Å². The number of ether oxygens (including phenoxy) is 2. The van der Waals surface area contributed by atoms with Crippen LogP contribution in [-0.4, -0.2) is 54.3 Å². The molecule has 2 aromatic rings. The van der Waals surface area contributed by atoms with E-state index in [0.717, 1.165) is 38.3 Å². The summed E-state index contributed by atoms with van der Waals surface area (Å²) in [4.78, 5) is 9.13. The highest BCUT2D eigenvalue weighted by Gasteiger charge is 2.44. The first-order chi connectivity index (χ1) is 12.0. The molecule has 7 heteroatoms. The number of benzene rings is 1. The van der Waals surface area contributed by atoms with Crippen molar-refractivity contribution >= 4 is 0 Å². The van der Waals surface area contributed by atoms with Gasteiger partial charge in [0, 0.05) is 44.5 Å². The van der Waals surface area contributed by atoms with Crippen molar-refractivity contribution in [1.29, 1.82) is 0 Å². The number of hydrogen-bond donors (Lipinski definition) is 0. The Morgan fingerprint density at radius 2 is 1.88 bits per heavy atom. The maximum atomic E-state index is 13.3. The van der Waals surface area contributed by atoms with Gasteiger partial charge >= 0.3 is 6.29 Å². The molecule has 0 radical (unpaired) electrons. The van der Waals surface area contributed by atoms with Crippen molar-refractivity contribution in [2.45, 2.75) is 12.8 Å². The van der Waals surface area contributed by atoms with Crippen LogP contribution in [0.1, 0.15) is 5.56 Å². The zero-order valence-corrected chi connectivity index (χ0v) is 13.9. The van der Waals surface area contributed by atoms with Crippen molar-refractivity contribution in [3.8, 4) is 22.8 Å². The predicted octanol–water partition coefficient (Wildman–Crippen LogP) is 2.82. The van der Waals surface area contributed by atoms with E-state index in [-0.39, 0.29) is 11.5 Å². The van der Waals surface area contributed by atoms with Crippen molar-refractivity contribution < 1.29 is 18.3 Å². The Balaban J connectivity index is 1.51. The molecule has 0 spiro atoms. The third-order valence-corrected chi connectivity index (χ3v) is 4.53. The second kappa shape index (κ2) is 6.24. The van der Waals surface area contributed by atoms with Gasteiger partial charge in [0.15, 0.2) is 11.5 Å². The number of pyridine rings is 1. The Morgan fingerprint density at radius 1 is 1.08 bits per heavy atom. The van der Waals surface area contributed by atoms with Crippen LogP contribution in [0.2, 0.25) is 0 Å². The molecule has 2 aliphatic rings.